The quantitative estimate of drug-likeness (QED) is 0.185. The molecule has 45 heavy (non-hydrogen) atoms. The fraction of sp³-hybridized carbons (Fsp3) is 0.0667. The summed E-state index contributed by atoms with van der Waals surface area (Å²) in [7, 11) is 0. The lowest BCUT2D eigenvalue weighted by atomic mass is 9.80. The van der Waals surface area contributed by atoms with Crippen LogP contribution in [-0.2, 0) is 5.41 Å². The molecule has 0 aliphatic heterocycles. The highest BCUT2D eigenvalue weighted by atomic mass is 14.4. The molecule has 0 spiro atoms. The first-order valence-electron chi connectivity index (χ1n) is 15.9. The van der Waals surface area contributed by atoms with Crippen molar-refractivity contribution in [2.24, 2.45) is 0 Å². The van der Waals surface area contributed by atoms with Crippen LogP contribution in [0.3, 0.4) is 0 Å². The van der Waals surface area contributed by atoms with Gasteiger partial charge in [0.2, 0.25) is 0 Å². The van der Waals surface area contributed by atoms with Gasteiger partial charge >= 0.3 is 0 Å². The van der Waals surface area contributed by atoms with Gasteiger partial charge in [-0.05, 0) is 88.0 Å². The standard InChI is InChI=1S/C45H32/c1-45(2)39-25-13-12-23-36(39)44-37(24-14-26-40(44)45)42-32-19-8-10-21-34(32)43(35-22-11-9-20-33(35)42)38-28-27-29-15-6-7-18-31(29)41(38)30-16-4-3-5-17-30/h3-28H,1-2H3. The smallest absolute Gasteiger partial charge is 0.0159 e. The summed E-state index contributed by atoms with van der Waals surface area (Å²) < 4.78 is 0. The lowest BCUT2D eigenvalue weighted by Gasteiger charge is -2.23. The van der Waals surface area contributed by atoms with E-state index in [1.165, 1.54) is 88.0 Å². The zero-order valence-electron chi connectivity index (χ0n) is 25.5. The monoisotopic (exact) mass is 572 g/mol. The highest BCUT2D eigenvalue weighted by Gasteiger charge is 2.37. The summed E-state index contributed by atoms with van der Waals surface area (Å²) in [4.78, 5) is 0. The van der Waals surface area contributed by atoms with E-state index >= 15 is 0 Å². The van der Waals surface area contributed by atoms with Gasteiger partial charge in [0.1, 0.15) is 0 Å². The minimum atomic E-state index is -0.0524. The number of benzene rings is 8. The lowest BCUT2D eigenvalue weighted by molar-refractivity contribution is 0.660. The predicted octanol–water partition coefficient (Wildman–Crippen LogP) is 12.5. The third kappa shape index (κ3) is 3.72. The Morgan fingerprint density at radius 1 is 0.311 bits per heavy atom. The van der Waals surface area contributed by atoms with Crippen molar-refractivity contribution in [1.82, 2.24) is 0 Å². The molecule has 0 aromatic heterocycles. The number of rotatable bonds is 3. The number of hydrogen-bond acceptors (Lipinski definition) is 0. The van der Waals surface area contributed by atoms with E-state index in [9.17, 15) is 0 Å². The van der Waals surface area contributed by atoms with E-state index in [1.807, 2.05) is 0 Å². The highest BCUT2D eigenvalue weighted by Crippen LogP contribution is 2.55. The second kappa shape index (κ2) is 9.78. The van der Waals surface area contributed by atoms with Crippen LogP contribution in [0.1, 0.15) is 25.0 Å². The van der Waals surface area contributed by atoms with E-state index in [0.717, 1.165) is 0 Å². The Hall–Kier alpha value is -5.46. The second-order valence-corrected chi connectivity index (χ2v) is 12.8. The van der Waals surface area contributed by atoms with Gasteiger partial charge in [0.25, 0.3) is 0 Å². The molecule has 0 nitrogen and oxygen atoms in total. The lowest BCUT2D eigenvalue weighted by Crippen LogP contribution is -2.14. The molecule has 1 aliphatic rings. The molecule has 1 aliphatic carbocycles. The molecule has 0 fully saturated rings. The van der Waals surface area contributed by atoms with Crippen LogP contribution in [0.4, 0.5) is 0 Å². The van der Waals surface area contributed by atoms with Crippen molar-refractivity contribution in [2.45, 2.75) is 19.3 Å². The normalized spacial score (nSPS) is 13.3. The van der Waals surface area contributed by atoms with Gasteiger partial charge in [-0.2, -0.15) is 0 Å². The summed E-state index contributed by atoms with van der Waals surface area (Å²) >= 11 is 0. The van der Waals surface area contributed by atoms with Gasteiger partial charge in [0.15, 0.2) is 0 Å². The minimum absolute atomic E-state index is 0.0524. The summed E-state index contributed by atoms with van der Waals surface area (Å²) in [5.74, 6) is 0. The molecule has 0 unspecified atom stereocenters. The molecule has 0 N–H and O–H groups in total. The van der Waals surface area contributed by atoms with Gasteiger partial charge in [-0.3, -0.25) is 0 Å². The zero-order valence-corrected chi connectivity index (χ0v) is 25.5. The first-order valence-corrected chi connectivity index (χ1v) is 15.9. The van der Waals surface area contributed by atoms with Crippen LogP contribution in [0, 0.1) is 0 Å². The van der Waals surface area contributed by atoms with Crippen LogP contribution < -0.4 is 0 Å². The summed E-state index contributed by atoms with van der Waals surface area (Å²) in [5.41, 5.74) is 13.2. The van der Waals surface area contributed by atoms with Crippen molar-refractivity contribution in [3.05, 3.63) is 169 Å². The van der Waals surface area contributed by atoms with Gasteiger partial charge in [-0.25, -0.2) is 0 Å². The minimum Gasteiger partial charge on any atom is -0.0622 e. The molecule has 8 aromatic rings. The summed E-state index contributed by atoms with van der Waals surface area (Å²) in [6.07, 6.45) is 0. The average molecular weight is 573 g/mol. The molecular weight excluding hydrogens is 540 g/mol. The Bertz CT molecular complexity index is 2390. The molecule has 212 valence electrons. The van der Waals surface area contributed by atoms with Crippen molar-refractivity contribution in [2.75, 3.05) is 0 Å². The van der Waals surface area contributed by atoms with Gasteiger partial charge in [0, 0.05) is 5.41 Å². The van der Waals surface area contributed by atoms with E-state index in [-0.39, 0.29) is 5.41 Å². The Labute approximate surface area is 264 Å². The van der Waals surface area contributed by atoms with Gasteiger partial charge in [0.05, 0.1) is 0 Å². The maximum Gasteiger partial charge on any atom is 0.0159 e. The Morgan fingerprint density at radius 3 is 1.47 bits per heavy atom. The summed E-state index contributed by atoms with van der Waals surface area (Å²) in [5, 5.41) is 7.66. The van der Waals surface area contributed by atoms with Crippen LogP contribution in [0.15, 0.2) is 158 Å². The molecule has 0 radical (unpaired) electrons. The molecule has 0 bridgehead atoms. The fourth-order valence-corrected chi connectivity index (χ4v) is 8.07. The molecule has 0 atom stereocenters. The van der Waals surface area contributed by atoms with Crippen molar-refractivity contribution in [3.8, 4) is 44.5 Å². The third-order valence-corrected chi connectivity index (χ3v) is 10.1. The maximum atomic E-state index is 2.37. The predicted molar refractivity (Wildman–Crippen MR) is 193 cm³/mol. The molecule has 0 saturated carbocycles. The van der Waals surface area contributed by atoms with Crippen molar-refractivity contribution in [3.63, 3.8) is 0 Å². The Balaban J connectivity index is 1.44. The third-order valence-electron chi connectivity index (χ3n) is 10.1. The van der Waals surface area contributed by atoms with Crippen LogP contribution in [0.2, 0.25) is 0 Å². The Morgan fingerprint density at radius 2 is 0.800 bits per heavy atom. The maximum absolute atomic E-state index is 2.37. The number of hydrogen-bond donors (Lipinski definition) is 0. The molecular formula is C45H32. The molecule has 8 aromatic carbocycles. The van der Waals surface area contributed by atoms with Gasteiger partial charge in [-0.1, -0.05) is 172 Å². The first-order chi connectivity index (χ1) is 22.1. The van der Waals surface area contributed by atoms with Crippen molar-refractivity contribution in [1.29, 1.82) is 0 Å². The average Bonchev–Trinajstić information content (AvgIpc) is 3.33. The van der Waals surface area contributed by atoms with Crippen molar-refractivity contribution >= 4 is 32.3 Å². The van der Waals surface area contributed by atoms with Gasteiger partial charge in [-0.15, -0.1) is 0 Å². The number of fused-ring (bicyclic) bond motifs is 6. The molecule has 0 amide bonds. The van der Waals surface area contributed by atoms with E-state index in [4.69, 9.17) is 0 Å². The first kappa shape index (κ1) is 26.0. The van der Waals surface area contributed by atoms with Crippen LogP contribution >= 0.6 is 0 Å². The van der Waals surface area contributed by atoms with Crippen LogP contribution in [-0.4, -0.2) is 0 Å². The molecule has 0 saturated heterocycles. The van der Waals surface area contributed by atoms with Gasteiger partial charge < -0.3 is 0 Å². The second-order valence-electron chi connectivity index (χ2n) is 12.8. The van der Waals surface area contributed by atoms with E-state index in [1.54, 1.807) is 0 Å². The van der Waals surface area contributed by atoms with E-state index in [0.29, 0.717) is 0 Å². The summed E-state index contributed by atoms with van der Waals surface area (Å²) in [6.45, 7) is 4.73. The van der Waals surface area contributed by atoms with Crippen molar-refractivity contribution < 1.29 is 0 Å². The van der Waals surface area contributed by atoms with E-state index in [2.05, 4.69) is 172 Å². The largest absolute Gasteiger partial charge is 0.0622 e. The topological polar surface area (TPSA) is 0 Å². The fourth-order valence-electron chi connectivity index (χ4n) is 8.07. The summed E-state index contributed by atoms with van der Waals surface area (Å²) in [6, 6.07) is 58.3. The highest BCUT2D eigenvalue weighted by molar-refractivity contribution is 6.24. The molecule has 0 heteroatoms. The SMILES string of the molecule is CC1(C)c2ccccc2-c2c(-c3c4ccccc4c(-c4ccc5ccccc5c4-c4ccccc4)c4ccccc34)cccc21. The van der Waals surface area contributed by atoms with Crippen LogP contribution in [0.5, 0.6) is 0 Å². The Kier molecular flexibility index (Phi) is 5.64. The zero-order chi connectivity index (χ0) is 30.1. The molecule has 9 rings (SSSR count). The van der Waals surface area contributed by atoms with E-state index < -0.39 is 0 Å². The van der Waals surface area contributed by atoms with Crippen LogP contribution in [0.25, 0.3) is 76.8 Å². The molecule has 0 heterocycles.